The fourth-order valence-electron chi connectivity index (χ4n) is 2.25. The number of carbonyl (C=O) groups excluding carboxylic acids is 1. The number of aryl methyl sites for hydroxylation is 1. The van der Waals surface area contributed by atoms with E-state index in [0.29, 0.717) is 41.1 Å². The Bertz CT molecular complexity index is 715. The molecule has 2 rings (SSSR count). The average Bonchev–Trinajstić information content (AvgIpc) is 2.59. The van der Waals surface area contributed by atoms with E-state index in [4.69, 9.17) is 16.3 Å². The highest BCUT2D eigenvalue weighted by molar-refractivity contribution is 6.31. The zero-order valence-corrected chi connectivity index (χ0v) is 15.0. The van der Waals surface area contributed by atoms with E-state index in [-0.39, 0.29) is 5.91 Å². The monoisotopic (exact) mass is 348 g/mol. The van der Waals surface area contributed by atoms with E-state index < -0.39 is 0 Å². The van der Waals surface area contributed by atoms with Gasteiger partial charge in [-0.15, -0.1) is 0 Å². The highest BCUT2D eigenvalue weighted by atomic mass is 35.5. The molecule has 2 aromatic rings. The number of carbonyl (C=O) groups is 1. The number of halogens is 1. The van der Waals surface area contributed by atoms with E-state index in [1.54, 1.807) is 18.1 Å². The molecule has 0 aliphatic carbocycles. The molecule has 1 aromatic carbocycles. The van der Waals surface area contributed by atoms with E-state index in [1.807, 2.05) is 26.8 Å². The van der Waals surface area contributed by atoms with E-state index in [9.17, 15) is 4.79 Å². The number of amides is 1. The van der Waals surface area contributed by atoms with Crippen LogP contribution >= 0.6 is 11.6 Å². The Hall–Kier alpha value is -2.34. The van der Waals surface area contributed by atoms with Crippen molar-refractivity contribution in [3.63, 3.8) is 0 Å². The molecule has 0 atom stereocenters. The van der Waals surface area contributed by atoms with Crippen LogP contribution in [0.3, 0.4) is 0 Å². The predicted molar refractivity (Wildman–Crippen MR) is 95.3 cm³/mol. The second kappa shape index (κ2) is 7.97. The van der Waals surface area contributed by atoms with E-state index in [1.165, 1.54) is 12.4 Å². The number of aromatic nitrogens is 2. The maximum Gasteiger partial charge on any atom is 0.256 e. The molecule has 0 saturated heterocycles. The molecule has 0 spiro atoms. The summed E-state index contributed by atoms with van der Waals surface area (Å²) in [5, 5.41) is 3.71. The first-order valence-corrected chi connectivity index (χ1v) is 8.10. The van der Waals surface area contributed by atoms with Crippen molar-refractivity contribution in [2.45, 2.75) is 20.8 Å². The van der Waals surface area contributed by atoms with Crippen LogP contribution in [0.1, 0.15) is 29.8 Å². The lowest BCUT2D eigenvalue weighted by molar-refractivity contribution is 0.0772. The first-order valence-electron chi connectivity index (χ1n) is 7.72. The van der Waals surface area contributed by atoms with Gasteiger partial charge in [0.2, 0.25) is 5.95 Å². The fraction of sp³-hybridized carbons (Fsp3) is 0.353. The van der Waals surface area contributed by atoms with Crippen molar-refractivity contribution >= 4 is 29.1 Å². The SMILES string of the molecule is CCN(CC)C(=O)c1cnc(Nc2cc(C)c(Cl)cc2OC)nc1. The Morgan fingerprint density at radius 3 is 2.42 bits per heavy atom. The third-order valence-electron chi connectivity index (χ3n) is 3.68. The summed E-state index contributed by atoms with van der Waals surface area (Å²) in [7, 11) is 1.57. The number of hydrogen-bond donors (Lipinski definition) is 1. The quantitative estimate of drug-likeness (QED) is 0.862. The fourth-order valence-corrected chi connectivity index (χ4v) is 2.40. The average molecular weight is 349 g/mol. The van der Waals surface area contributed by atoms with Crippen LogP contribution < -0.4 is 10.1 Å². The highest BCUT2D eigenvalue weighted by Gasteiger charge is 2.14. The van der Waals surface area contributed by atoms with Crippen molar-refractivity contribution in [2.24, 2.45) is 0 Å². The minimum absolute atomic E-state index is 0.0773. The van der Waals surface area contributed by atoms with Gasteiger partial charge in [0.05, 0.1) is 18.4 Å². The molecule has 0 radical (unpaired) electrons. The van der Waals surface area contributed by atoms with Gasteiger partial charge in [-0.1, -0.05) is 11.6 Å². The number of anilines is 2. The molecular weight excluding hydrogens is 328 g/mol. The summed E-state index contributed by atoms with van der Waals surface area (Å²) in [4.78, 5) is 22.4. The number of methoxy groups -OCH3 is 1. The van der Waals surface area contributed by atoms with E-state index >= 15 is 0 Å². The number of benzene rings is 1. The molecule has 0 bridgehead atoms. The molecule has 6 nitrogen and oxygen atoms in total. The molecule has 0 saturated carbocycles. The standard InChI is InChI=1S/C17H21ClN4O2/c1-5-22(6-2)16(23)12-9-19-17(20-10-12)21-14-7-11(3)13(18)8-15(14)24-4/h7-10H,5-6H2,1-4H3,(H,19,20,21). The van der Waals surface area contributed by atoms with Crippen LogP contribution in [0.5, 0.6) is 5.75 Å². The maximum atomic E-state index is 12.2. The molecule has 0 unspecified atom stereocenters. The highest BCUT2D eigenvalue weighted by Crippen LogP contribution is 2.32. The summed E-state index contributed by atoms with van der Waals surface area (Å²) in [6, 6.07) is 3.59. The molecule has 24 heavy (non-hydrogen) atoms. The number of rotatable bonds is 6. The van der Waals surface area contributed by atoms with E-state index in [0.717, 1.165) is 5.56 Å². The Balaban J connectivity index is 2.21. The first kappa shape index (κ1) is 18.0. The van der Waals surface area contributed by atoms with Gasteiger partial charge in [0.25, 0.3) is 5.91 Å². The molecule has 1 heterocycles. The van der Waals surface area contributed by atoms with Gasteiger partial charge in [0, 0.05) is 36.6 Å². The second-order valence-electron chi connectivity index (χ2n) is 5.20. The van der Waals surface area contributed by atoms with Crippen molar-refractivity contribution in [3.05, 3.63) is 40.7 Å². The minimum atomic E-state index is -0.0773. The maximum absolute atomic E-state index is 12.2. The molecule has 128 valence electrons. The third-order valence-corrected chi connectivity index (χ3v) is 4.08. The van der Waals surface area contributed by atoms with Gasteiger partial charge >= 0.3 is 0 Å². The topological polar surface area (TPSA) is 67.4 Å². The van der Waals surface area contributed by atoms with Gasteiger partial charge in [0.15, 0.2) is 0 Å². The van der Waals surface area contributed by atoms with Gasteiger partial charge in [-0.3, -0.25) is 4.79 Å². The number of ether oxygens (including phenoxy) is 1. The zero-order valence-electron chi connectivity index (χ0n) is 14.3. The summed E-state index contributed by atoms with van der Waals surface area (Å²) in [5.74, 6) is 0.898. The number of nitrogens with one attached hydrogen (secondary N) is 1. The summed E-state index contributed by atoms with van der Waals surface area (Å²) in [5.41, 5.74) is 2.08. The molecule has 1 N–H and O–H groups in total. The number of nitrogens with zero attached hydrogens (tertiary/aromatic N) is 3. The normalized spacial score (nSPS) is 10.4. The van der Waals surface area contributed by atoms with Crippen LogP contribution in [-0.4, -0.2) is 41.0 Å². The molecular formula is C17H21ClN4O2. The number of hydrogen-bond acceptors (Lipinski definition) is 5. The van der Waals surface area contributed by atoms with Crippen LogP contribution in [0, 0.1) is 6.92 Å². The Labute approximate surface area is 146 Å². The smallest absolute Gasteiger partial charge is 0.256 e. The Morgan fingerprint density at radius 1 is 1.25 bits per heavy atom. The van der Waals surface area contributed by atoms with Gasteiger partial charge in [0.1, 0.15) is 5.75 Å². The van der Waals surface area contributed by atoms with Crippen molar-refractivity contribution < 1.29 is 9.53 Å². The molecule has 1 amide bonds. The van der Waals surface area contributed by atoms with Crippen LogP contribution in [-0.2, 0) is 0 Å². The Morgan fingerprint density at radius 2 is 1.88 bits per heavy atom. The Kier molecular flexibility index (Phi) is 5.98. The van der Waals surface area contributed by atoms with Crippen molar-refractivity contribution in [1.29, 1.82) is 0 Å². The lowest BCUT2D eigenvalue weighted by Crippen LogP contribution is -2.30. The van der Waals surface area contributed by atoms with Crippen molar-refractivity contribution in [3.8, 4) is 5.75 Å². The summed E-state index contributed by atoms with van der Waals surface area (Å²) in [6.07, 6.45) is 3.04. The summed E-state index contributed by atoms with van der Waals surface area (Å²) >= 11 is 6.10. The summed E-state index contributed by atoms with van der Waals surface area (Å²) in [6.45, 7) is 7.08. The van der Waals surface area contributed by atoms with Crippen LogP contribution in [0.15, 0.2) is 24.5 Å². The van der Waals surface area contributed by atoms with Gasteiger partial charge < -0.3 is 15.0 Å². The molecule has 0 fully saturated rings. The van der Waals surface area contributed by atoms with Crippen molar-refractivity contribution in [2.75, 3.05) is 25.5 Å². The van der Waals surface area contributed by atoms with Gasteiger partial charge in [-0.2, -0.15) is 0 Å². The molecule has 0 aliphatic heterocycles. The van der Waals surface area contributed by atoms with E-state index in [2.05, 4.69) is 15.3 Å². The van der Waals surface area contributed by atoms with Gasteiger partial charge in [-0.05, 0) is 32.4 Å². The van der Waals surface area contributed by atoms with Crippen molar-refractivity contribution in [1.82, 2.24) is 14.9 Å². The third kappa shape index (κ3) is 3.94. The van der Waals surface area contributed by atoms with Crippen LogP contribution in [0.25, 0.3) is 0 Å². The second-order valence-corrected chi connectivity index (χ2v) is 5.61. The largest absolute Gasteiger partial charge is 0.495 e. The van der Waals surface area contributed by atoms with Crippen LogP contribution in [0.2, 0.25) is 5.02 Å². The minimum Gasteiger partial charge on any atom is -0.495 e. The molecule has 1 aromatic heterocycles. The zero-order chi connectivity index (χ0) is 17.7. The summed E-state index contributed by atoms with van der Waals surface area (Å²) < 4.78 is 5.31. The predicted octanol–water partition coefficient (Wildman–Crippen LogP) is 3.67. The lowest BCUT2D eigenvalue weighted by atomic mass is 10.2. The van der Waals surface area contributed by atoms with Gasteiger partial charge in [-0.25, -0.2) is 9.97 Å². The van der Waals surface area contributed by atoms with Crippen LogP contribution in [0.4, 0.5) is 11.6 Å². The molecule has 0 aliphatic rings. The molecule has 7 heteroatoms. The lowest BCUT2D eigenvalue weighted by Gasteiger charge is -2.18. The first-order chi connectivity index (χ1) is 11.5.